The first-order valence-corrected chi connectivity index (χ1v) is 13.5. The number of para-hydroxylation sites is 1. The highest BCUT2D eigenvalue weighted by Crippen LogP contribution is 2.37. The van der Waals surface area contributed by atoms with Gasteiger partial charge in [0.25, 0.3) is 20.0 Å². The van der Waals surface area contributed by atoms with E-state index in [9.17, 15) is 26.7 Å². The number of carboxylic acids is 1. The van der Waals surface area contributed by atoms with Crippen molar-refractivity contribution >= 4 is 71.3 Å². The highest BCUT2D eigenvalue weighted by Gasteiger charge is 2.29. The Balaban J connectivity index is 1.71. The van der Waals surface area contributed by atoms with Crippen LogP contribution in [0.1, 0.15) is 10.4 Å². The van der Waals surface area contributed by atoms with Gasteiger partial charge in [-0.2, -0.15) is 8.42 Å². The van der Waals surface area contributed by atoms with Crippen LogP contribution in [0, 0.1) is 0 Å². The van der Waals surface area contributed by atoms with E-state index in [0.717, 1.165) is 12.5 Å². The van der Waals surface area contributed by atoms with Gasteiger partial charge in [-0.1, -0.05) is 29.8 Å². The first kappa shape index (κ1) is 23.9. The largest absolute Gasteiger partial charge is 0.493 e. The molecule has 14 heteroatoms. The Morgan fingerprint density at radius 3 is 2.41 bits per heavy atom. The second kappa shape index (κ2) is 8.83. The second-order valence-electron chi connectivity index (χ2n) is 6.78. The Morgan fingerprint density at radius 2 is 1.74 bits per heavy atom. The maximum atomic E-state index is 13.0. The lowest BCUT2D eigenvalue weighted by molar-refractivity contribution is 0.0693. The summed E-state index contributed by atoms with van der Waals surface area (Å²) in [5.74, 6) is -1.70. The molecule has 178 valence electrons. The lowest BCUT2D eigenvalue weighted by Gasteiger charge is -2.14. The second-order valence-corrected chi connectivity index (χ2v) is 11.6. The van der Waals surface area contributed by atoms with Gasteiger partial charge in [0.1, 0.15) is 11.1 Å². The number of ether oxygens (including phenoxy) is 1. The number of methoxy groups -OCH3 is 1. The van der Waals surface area contributed by atoms with E-state index in [1.54, 1.807) is 24.3 Å². The number of sulfonamides is 2. The average Bonchev–Trinajstić information content (AvgIpc) is 3.40. The lowest BCUT2D eigenvalue weighted by atomic mass is 10.3. The first-order valence-electron chi connectivity index (χ1n) is 9.24. The van der Waals surface area contributed by atoms with E-state index >= 15 is 0 Å². The molecule has 2 aromatic carbocycles. The number of anilines is 2. The molecule has 0 bridgehead atoms. The Morgan fingerprint density at radius 1 is 1.03 bits per heavy atom. The van der Waals surface area contributed by atoms with Gasteiger partial charge in [-0.3, -0.25) is 9.44 Å². The van der Waals surface area contributed by atoms with Crippen LogP contribution in [0.3, 0.4) is 0 Å². The van der Waals surface area contributed by atoms with Crippen LogP contribution in [-0.4, -0.2) is 35.0 Å². The molecular weight excluding hydrogens is 528 g/mol. The van der Waals surface area contributed by atoms with E-state index < -0.39 is 30.2 Å². The van der Waals surface area contributed by atoms with Crippen LogP contribution in [0.4, 0.5) is 11.4 Å². The third kappa shape index (κ3) is 4.55. The maximum absolute atomic E-state index is 13.0. The predicted molar refractivity (Wildman–Crippen MR) is 127 cm³/mol. The van der Waals surface area contributed by atoms with Crippen molar-refractivity contribution in [1.29, 1.82) is 0 Å². The number of benzene rings is 2. The number of aromatic carboxylic acids is 1. The Hall–Kier alpha value is -3.26. The van der Waals surface area contributed by atoms with Crippen molar-refractivity contribution < 1.29 is 35.9 Å². The third-order valence-electron chi connectivity index (χ3n) is 4.53. The highest BCUT2D eigenvalue weighted by molar-refractivity contribution is 7.95. The van der Waals surface area contributed by atoms with Crippen LogP contribution in [0.2, 0.25) is 5.02 Å². The van der Waals surface area contributed by atoms with Gasteiger partial charge in [-0.25, -0.2) is 13.2 Å². The van der Waals surface area contributed by atoms with Crippen molar-refractivity contribution in [2.45, 2.75) is 9.30 Å². The summed E-state index contributed by atoms with van der Waals surface area (Å²) < 4.78 is 66.4. The van der Waals surface area contributed by atoms with Gasteiger partial charge in [-0.15, -0.1) is 11.3 Å². The molecule has 0 atom stereocenters. The fourth-order valence-corrected chi connectivity index (χ4v) is 6.74. The molecule has 0 aliphatic rings. The van der Waals surface area contributed by atoms with Gasteiger partial charge < -0.3 is 14.3 Å². The van der Waals surface area contributed by atoms with E-state index in [2.05, 4.69) is 9.44 Å². The number of hydrogen-bond acceptors (Lipinski definition) is 8. The van der Waals surface area contributed by atoms with Crippen molar-refractivity contribution in [3.63, 3.8) is 0 Å². The number of rotatable bonds is 8. The summed E-state index contributed by atoms with van der Waals surface area (Å²) in [6.07, 6.45) is 0. The number of hydrogen-bond donors (Lipinski definition) is 3. The molecule has 4 aromatic rings. The van der Waals surface area contributed by atoms with E-state index in [1.165, 1.54) is 24.3 Å². The Labute approximate surface area is 202 Å². The molecule has 2 aromatic heterocycles. The van der Waals surface area contributed by atoms with Crippen LogP contribution >= 0.6 is 22.9 Å². The molecule has 3 N–H and O–H groups in total. The third-order valence-corrected chi connectivity index (χ3v) is 8.85. The number of thiophene rings is 1. The number of carboxylic acid groups (broad SMARTS) is 1. The van der Waals surface area contributed by atoms with Crippen molar-refractivity contribution in [3.05, 3.63) is 64.5 Å². The minimum absolute atomic E-state index is 0.132. The van der Waals surface area contributed by atoms with E-state index in [0.29, 0.717) is 22.3 Å². The summed E-state index contributed by atoms with van der Waals surface area (Å²) in [5.41, 5.74) is -0.300. The maximum Gasteiger partial charge on any atom is 0.340 e. The molecule has 0 amide bonds. The fraction of sp³-hybridized carbons (Fsp3) is 0.0500. The van der Waals surface area contributed by atoms with Gasteiger partial charge in [0.05, 0.1) is 18.5 Å². The van der Waals surface area contributed by atoms with Gasteiger partial charge in [0.2, 0.25) is 5.09 Å². The van der Waals surface area contributed by atoms with Gasteiger partial charge >= 0.3 is 5.97 Å². The SMILES string of the molecule is COc1c(C(=O)O)csc1S(=O)(=O)Nc1ccc(Cl)cc1NS(=O)(=O)c1cc2ccccc2o1. The number of fused-ring (bicyclic) bond motifs is 1. The molecule has 0 radical (unpaired) electrons. The van der Waals surface area contributed by atoms with Crippen LogP contribution in [0.5, 0.6) is 5.75 Å². The van der Waals surface area contributed by atoms with E-state index in [4.69, 9.17) is 20.8 Å². The highest BCUT2D eigenvalue weighted by atomic mass is 35.5. The molecule has 2 heterocycles. The van der Waals surface area contributed by atoms with Gasteiger partial charge in [0.15, 0.2) is 9.96 Å². The van der Waals surface area contributed by atoms with Crippen LogP contribution < -0.4 is 14.2 Å². The number of carbonyl (C=O) groups is 1. The van der Waals surface area contributed by atoms with Crippen molar-refractivity contribution in [2.75, 3.05) is 16.6 Å². The molecule has 0 fully saturated rings. The quantitative estimate of drug-likeness (QED) is 0.295. The number of nitrogens with one attached hydrogen (secondary N) is 2. The zero-order valence-corrected chi connectivity index (χ0v) is 20.3. The van der Waals surface area contributed by atoms with Crippen LogP contribution in [0.15, 0.2) is 67.6 Å². The summed E-state index contributed by atoms with van der Waals surface area (Å²) in [7, 11) is -7.49. The monoisotopic (exact) mass is 542 g/mol. The summed E-state index contributed by atoms with van der Waals surface area (Å²) in [6.45, 7) is 0. The summed E-state index contributed by atoms with van der Waals surface area (Å²) >= 11 is 6.65. The van der Waals surface area contributed by atoms with Gasteiger partial charge in [-0.05, 0) is 24.3 Å². The van der Waals surface area contributed by atoms with Crippen LogP contribution in [-0.2, 0) is 20.0 Å². The number of halogens is 1. The summed E-state index contributed by atoms with van der Waals surface area (Å²) in [5, 5.41) is 10.7. The molecule has 0 saturated carbocycles. The molecular formula is C20H15ClN2O8S3. The van der Waals surface area contributed by atoms with E-state index in [-0.39, 0.29) is 32.8 Å². The van der Waals surface area contributed by atoms with Crippen LogP contribution in [0.25, 0.3) is 11.0 Å². The molecule has 0 unspecified atom stereocenters. The molecule has 34 heavy (non-hydrogen) atoms. The molecule has 4 rings (SSSR count). The average molecular weight is 543 g/mol. The minimum atomic E-state index is -4.37. The molecule has 0 spiro atoms. The molecule has 10 nitrogen and oxygen atoms in total. The first-order chi connectivity index (χ1) is 16.0. The van der Waals surface area contributed by atoms with E-state index in [1.807, 2.05) is 0 Å². The smallest absolute Gasteiger partial charge is 0.340 e. The lowest BCUT2D eigenvalue weighted by Crippen LogP contribution is -2.17. The van der Waals surface area contributed by atoms with Crippen molar-refractivity contribution in [1.82, 2.24) is 0 Å². The molecule has 0 aliphatic heterocycles. The molecule has 0 aliphatic carbocycles. The standard InChI is InChI=1S/C20H15ClN2O8S3/c1-30-18-13(19(24)25)10-32-20(18)34(28,29)22-14-7-6-12(21)9-15(14)23-33(26,27)17-8-11-4-2-3-5-16(11)31-17/h2-10,22-23H,1H3,(H,24,25). The Bertz CT molecular complexity index is 1590. The number of furan rings is 1. The topological polar surface area (TPSA) is 152 Å². The minimum Gasteiger partial charge on any atom is -0.493 e. The zero-order chi connectivity index (χ0) is 24.7. The van der Waals surface area contributed by atoms with Crippen molar-refractivity contribution in [2.24, 2.45) is 0 Å². The van der Waals surface area contributed by atoms with Gasteiger partial charge in [0, 0.05) is 21.9 Å². The molecule has 0 saturated heterocycles. The normalized spacial score (nSPS) is 11.9. The van der Waals surface area contributed by atoms with Crippen molar-refractivity contribution in [3.8, 4) is 5.75 Å². The predicted octanol–water partition coefficient (Wildman–Crippen LogP) is 4.46. The zero-order valence-electron chi connectivity index (χ0n) is 17.1. The Kier molecular flexibility index (Phi) is 6.20. The fourth-order valence-electron chi connectivity index (χ4n) is 3.02. The summed E-state index contributed by atoms with van der Waals surface area (Å²) in [6, 6.07) is 11.9. The summed E-state index contributed by atoms with van der Waals surface area (Å²) in [4.78, 5) is 11.3.